The van der Waals surface area contributed by atoms with E-state index in [4.69, 9.17) is 5.11 Å². The third-order valence-corrected chi connectivity index (χ3v) is 2.31. The molecule has 84 valence electrons. The maximum absolute atomic E-state index is 11.3. The van der Waals surface area contributed by atoms with Crippen LogP contribution in [0.3, 0.4) is 0 Å². The number of carbonyl (C=O) groups is 3. The van der Waals surface area contributed by atoms with Crippen LogP contribution in [0.25, 0.3) is 0 Å². The molecule has 2 N–H and O–H groups in total. The van der Waals surface area contributed by atoms with E-state index >= 15 is 0 Å². The molecule has 0 radical (unpaired) electrons. The molecule has 1 heterocycles. The highest BCUT2D eigenvalue weighted by atomic mass is 16.4. The summed E-state index contributed by atoms with van der Waals surface area (Å²) in [5.74, 6) is -1.60. The largest absolute Gasteiger partial charge is 0.480 e. The topological polar surface area (TPSA) is 86.7 Å². The van der Waals surface area contributed by atoms with Crippen LogP contribution in [0.1, 0.15) is 26.2 Å². The molecule has 0 aromatic heterocycles. The van der Waals surface area contributed by atoms with Crippen LogP contribution >= 0.6 is 0 Å². The minimum Gasteiger partial charge on any atom is -0.480 e. The molecule has 15 heavy (non-hydrogen) atoms. The fraction of sp³-hybridized carbons (Fsp3) is 0.667. The third-order valence-electron chi connectivity index (χ3n) is 2.31. The predicted octanol–water partition coefficient (Wildman–Crippen LogP) is 0.182. The molecular weight excluding hydrogens is 200 g/mol. The third kappa shape index (κ3) is 2.45. The van der Waals surface area contributed by atoms with Crippen molar-refractivity contribution in [3.05, 3.63) is 0 Å². The van der Waals surface area contributed by atoms with Gasteiger partial charge in [0, 0.05) is 0 Å². The fourth-order valence-corrected chi connectivity index (χ4v) is 1.51. The van der Waals surface area contributed by atoms with Crippen LogP contribution in [0, 0.1) is 0 Å². The molecule has 1 rings (SSSR count). The lowest BCUT2D eigenvalue weighted by Gasteiger charge is -2.20. The number of carbonyl (C=O) groups excluding carboxylic acids is 2. The Hall–Kier alpha value is -1.59. The molecule has 1 aliphatic rings. The van der Waals surface area contributed by atoms with E-state index < -0.39 is 23.9 Å². The second-order valence-electron chi connectivity index (χ2n) is 3.42. The average molecular weight is 214 g/mol. The zero-order valence-corrected chi connectivity index (χ0v) is 8.52. The van der Waals surface area contributed by atoms with E-state index in [0.29, 0.717) is 12.8 Å². The van der Waals surface area contributed by atoms with Gasteiger partial charge < -0.3 is 10.4 Å². The Balaban J connectivity index is 2.74. The van der Waals surface area contributed by atoms with Crippen molar-refractivity contribution in [1.29, 1.82) is 0 Å². The van der Waals surface area contributed by atoms with Crippen LogP contribution in [0.4, 0.5) is 4.79 Å². The first-order valence-electron chi connectivity index (χ1n) is 4.90. The molecule has 1 aliphatic heterocycles. The summed E-state index contributed by atoms with van der Waals surface area (Å²) in [7, 11) is 0. The molecule has 0 saturated carbocycles. The summed E-state index contributed by atoms with van der Waals surface area (Å²) in [4.78, 5) is 34.2. The van der Waals surface area contributed by atoms with Gasteiger partial charge in [-0.05, 0) is 6.42 Å². The minimum atomic E-state index is -1.13. The zero-order valence-electron chi connectivity index (χ0n) is 8.52. The van der Waals surface area contributed by atoms with Crippen LogP contribution in [-0.4, -0.2) is 40.5 Å². The predicted molar refractivity (Wildman–Crippen MR) is 51.2 cm³/mol. The molecule has 0 spiro atoms. The number of aliphatic carboxylic acids is 1. The molecule has 0 aromatic rings. The standard InChI is InChI=1S/C9H14N2O4/c1-2-3-4-6(8(13)14)11-7(12)5-10-9(11)15/h6H,2-5H2,1H3,(H,10,15)(H,13,14). The Morgan fingerprint density at radius 3 is 2.67 bits per heavy atom. The monoisotopic (exact) mass is 214 g/mol. The van der Waals surface area contributed by atoms with Gasteiger partial charge in [-0.1, -0.05) is 19.8 Å². The number of carboxylic acids is 1. The number of hydrogen-bond acceptors (Lipinski definition) is 3. The fourth-order valence-electron chi connectivity index (χ4n) is 1.51. The second-order valence-corrected chi connectivity index (χ2v) is 3.42. The van der Waals surface area contributed by atoms with E-state index in [1.165, 1.54) is 0 Å². The maximum atomic E-state index is 11.3. The van der Waals surface area contributed by atoms with Gasteiger partial charge >= 0.3 is 12.0 Å². The quantitative estimate of drug-likeness (QED) is 0.639. The van der Waals surface area contributed by atoms with E-state index in [9.17, 15) is 14.4 Å². The number of rotatable bonds is 5. The summed E-state index contributed by atoms with van der Waals surface area (Å²) >= 11 is 0. The molecule has 6 heteroatoms. The van der Waals surface area contributed by atoms with Crippen molar-refractivity contribution in [1.82, 2.24) is 10.2 Å². The number of unbranched alkanes of at least 4 members (excludes halogenated alkanes) is 1. The van der Waals surface area contributed by atoms with Crippen LogP contribution in [0.15, 0.2) is 0 Å². The van der Waals surface area contributed by atoms with Crippen LogP contribution in [0.5, 0.6) is 0 Å². The molecule has 6 nitrogen and oxygen atoms in total. The number of carboxylic acid groups (broad SMARTS) is 1. The van der Waals surface area contributed by atoms with E-state index in [1.54, 1.807) is 0 Å². The Morgan fingerprint density at radius 2 is 2.27 bits per heavy atom. The number of imide groups is 1. The smallest absolute Gasteiger partial charge is 0.326 e. The Labute approximate surface area is 87.2 Å². The van der Waals surface area contributed by atoms with E-state index in [2.05, 4.69) is 5.32 Å². The Morgan fingerprint density at radius 1 is 1.60 bits per heavy atom. The van der Waals surface area contributed by atoms with Crippen LogP contribution < -0.4 is 5.32 Å². The lowest BCUT2D eigenvalue weighted by molar-refractivity contribution is -0.146. The molecule has 1 saturated heterocycles. The van der Waals surface area contributed by atoms with Crippen LogP contribution in [-0.2, 0) is 9.59 Å². The van der Waals surface area contributed by atoms with Gasteiger partial charge in [-0.3, -0.25) is 4.79 Å². The first-order chi connectivity index (χ1) is 7.07. The zero-order chi connectivity index (χ0) is 11.4. The van der Waals surface area contributed by atoms with Crippen molar-refractivity contribution in [2.75, 3.05) is 6.54 Å². The van der Waals surface area contributed by atoms with E-state index in [-0.39, 0.29) is 6.54 Å². The Bertz CT molecular complexity index is 274. The van der Waals surface area contributed by atoms with Crippen molar-refractivity contribution < 1.29 is 19.5 Å². The molecular formula is C9H14N2O4. The highest BCUT2D eigenvalue weighted by Gasteiger charge is 2.38. The Kier molecular flexibility index (Phi) is 3.65. The SMILES string of the molecule is CCCCC(C(=O)O)N1C(=O)CNC1=O. The van der Waals surface area contributed by atoms with Crippen molar-refractivity contribution >= 4 is 17.9 Å². The molecule has 1 atom stereocenters. The van der Waals surface area contributed by atoms with Gasteiger partial charge in [0.15, 0.2) is 0 Å². The number of nitrogens with zero attached hydrogens (tertiary/aromatic N) is 1. The average Bonchev–Trinajstić information content (AvgIpc) is 2.49. The number of urea groups is 1. The van der Waals surface area contributed by atoms with E-state index in [1.807, 2.05) is 6.92 Å². The highest BCUT2D eigenvalue weighted by Crippen LogP contribution is 2.12. The van der Waals surface area contributed by atoms with Gasteiger partial charge in [-0.15, -0.1) is 0 Å². The lowest BCUT2D eigenvalue weighted by atomic mass is 10.1. The van der Waals surface area contributed by atoms with Crippen molar-refractivity contribution in [3.8, 4) is 0 Å². The first-order valence-corrected chi connectivity index (χ1v) is 4.90. The summed E-state index contributed by atoms with van der Waals surface area (Å²) in [6.45, 7) is 1.82. The molecule has 3 amide bonds. The van der Waals surface area contributed by atoms with Crippen molar-refractivity contribution in [3.63, 3.8) is 0 Å². The van der Waals surface area contributed by atoms with Gasteiger partial charge in [0.1, 0.15) is 6.04 Å². The minimum absolute atomic E-state index is 0.102. The maximum Gasteiger partial charge on any atom is 0.326 e. The molecule has 1 unspecified atom stereocenters. The van der Waals surface area contributed by atoms with Crippen molar-refractivity contribution in [2.24, 2.45) is 0 Å². The normalized spacial score (nSPS) is 17.8. The number of amides is 3. The number of hydrogen-bond donors (Lipinski definition) is 2. The lowest BCUT2D eigenvalue weighted by Crippen LogP contribution is -2.45. The molecule has 0 bridgehead atoms. The van der Waals surface area contributed by atoms with Crippen molar-refractivity contribution in [2.45, 2.75) is 32.2 Å². The second kappa shape index (κ2) is 4.77. The molecule has 0 aromatic carbocycles. The summed E-state index contributed by atoms with van der Waals surface area (Å²) in [5, 5.41) is 11.2. The summed E-state index contributed by atoms with van der Waals surface area (Å²) in [6.07, 6.45) is 1.81. The van der Waals surface area contributed by atoms with Gasteiger partial charge in [-0.25, -0.2) is 14.5 Å². The van der Waals surface area contributed by atoms with Gasteiger partial charge in [-0.2, -0.15) is 0 Å². The highest BCUT2D eigenvalue weighted by molar-refractivity contribution is 6.04. The summed E-state index contributed by atoms with van der Waals surface area (Å²) in [6, 6.07) is -1.64. The summed E-state index contributed by atoms with van der Waals surface area (Å²) in [5.41, 5.74) is 0. The first kappa shape index (κ1) is 11.5. The number of nitrogens with one attached hydrogen (secondary N) is 1. The molecule has 1 fully saturated rings. The van der Waals surface area contributed by atoms with Crippen LogP contribution in [0.2, 0.25) is 0 Å². The molecule has 0 aliphatic carbocycles. The summed E-state index contributed by atoms with van der Waals surface area (Å²) < 4.78 is 0. The van der Waals surface area contributed by atoms with Gasteiger partial charge in [0.25, 0.3) is 5.91 Å². The van der Waals surface area contributed by atoms with Gasteiger partial charge in [0.05, 0.1) is 6.54 Å². The van der Waals surface area contributed by atoms with E-state index in [0.717, 1.165) is 11.3 Å². The van der Waals surface area contributed by atoms with Gasteiger partial charge in [0.2, 0.25) is 0 Å².